The maximum atomic E-state index is 15.7. The summed E-state index contributed by atoms with van der Waals surface area (Å²) in [6.45, 7) is 6.21. The molecule has 7 N–H and O–H groups in total. The van der Waals surface area contributed by atoms with Gasteiger partial charge in [0.05, 0.1) is 42.3 Å². The molecule has 8 rings (SSSR count). The highest BCUT2D eigenvalue weighted by Crippen LogP contribution is 2.65. The van der Waals surface area contributed by atoms with Crippen LogP contribution >= 0.6 is 0 Å². The van der Waals surface area contributed by atoms with Gasteiger partial charge in [0.15, 0.2) is 23.8 Å². The molecule has 15 atom stereocenters. The minimum absolute atomic E-state index is 0.0280. The zero-order valence-electron chi connectivity index (χ0n) is 38.1. The molecule has 0 spiro atoms. The molecule has 3 aliphatic carbocycles. The Morgan fingerprint density at radius 2 is 1.43 bits per heavy atom. The number of esters is 3. The highest BCUT2D eigenvalue weighted by molar-refractivity contribution is 5.95. The van der Waals surface area contributed by atoms with Crippen LogP contribution in [0.2, 0.25) is 0 Å². The molecule has 4 fully saturated rings. The number of rotatable bonds is 11. The second kappa shape index (κ2) is 18.5. The van der Waals surface area contributed by atoms with Crippen LogP contribution in [0.15, 0.2) is 102 Å². The number of hydrogen-bond donors (Lipinski definition) is 7. The fraction of sp³-hybridized carbons (Fsp3) is 0.500. The monoisotopic (exact) mass is 943 g/mol. The van der Waals surface area contributed by atoms with Crippen molar-refractivity contribution >= 4 is 29.6 Å². The number of fused-ring (bicyclic) bond motifs is 5. The molecular formula is C50H57NO17. The van der Waals surface area contributed by atoms with Crippen molar-refractivity contribution in [2.24, 2.45) is 16.7 Å². The van der Waals surface area contributed by atoms with Gasteiger partial charge in [-0.15, -0.1) is 0 Å². The third-order valence-corrected chi connectivity index (χ3v) is 14.9. The van der Waals surface area contributed by atoms with Crippen LogP contribution < -0.4 is 5.32 Å². The molecule has 0 aromatic heterocycles. The molecule has 1 amide bonds. The average Bonchev–Trinajstić information content (AvgIpc) is 3.31. The molecule has 2 saturated carbocycles. The zero-order chi connectivity index (χ0) is 49.1. The van der Waals surface area contributed by atoms with E-state index < -0.39 is 138 Å². The quantitative estimate of drug-likeness (QED) is 0.0818. The number of carbonyl (C=O) groups is 5. The SMILES string of the molecule is CC(=O)O[C@@]12CO[C@@H]1C[C@H](O[C@@H]1OC[C@@H](O)[C@H](O)[C@H]1O)[C@@]1(C)C(=O)[C@H](O)C3=C(C)[C@@H](OC(=O)[C@H](O)[C@@H](NC(=O)c4ccccc4)c4ccccc4)C[C@@](O)([C@@H](OC(=O)c4ccccc4)[C@H]21)C3(C)C. The van der Waals surface area contributed by atoms with E-state index in [0.717, 1.165) is 6.92 Å². The molecule has 2 saturated heterocycles. The first-order valence-corrected chi connectivity index (χ1v) is 22.5. The Kier molecular flexibility index (Phi) is 13.3. The van der Waals surface area contributed by atoms with Gasteiger partial charge in [-0.3, -0.25) is 14.4 Å². The van der Waals surface area contributed by atoms with Crippen LogP contribution in [0.5, 0.6) is 0 Å². The van der Waals surface area contributed by atoms with Crippen LogP contribution in [-0.4, -0.2) is 146 Å². The normalized spacial score (nSPS) is 36.0. The first-order valence-electron chi connectivity index (χ1n) is 22.5. The molecule has 2 aliphatic heterocycles. The van der Waals surface area contributed by atoms with Gasteiger partial charge in [0.1, 0.15) is 48.3 Å². The van der Waals surface area contributed by atoms with Crippen molar-refractivity contribution in [3.8, 4) is 0 Å². The maximum absolute atomic E-state index is 15.7. The summed E-state index contributed by atoms with van der Waals surface area (Å²) in [6.07, 6.45) is -17.8. The summed E-state index contributed by atoms with van der Waals surface area (Å²) in [5, 5.41) is 72.9. The second-order valence-corrected chi connectivity index (χ2v) is 19.1. The third kappa shape index (κ3) is 8.14. The summed E-state index contributed by atoms with van der Waals surface area (Å²) in [7, 11) is 0. The lowest BCUT2D eigenvalue weighted by Crippen LogP contribution is -2.82. The molecule has 2 heterocycles. The molecule has 3 aromatic rings. The molecule has 364 valence electrons. The van der Waals surface area contributed by atoms with Crippen LogP contribution in [-0.2, 0) is 42.8 Å². The number of Topliss-reactive ketones (excluding diaryl/α,β-unsaturated/α-hetero) is 1. The summed E-state index contributed by atoms with van der Waals surface area (Å²) in [4.78, 5) is 71.3. The number of aliphatic hydroxyl groups excluding tert-OH is 5. The van der Waals surface area contributed by atoms with Crippen molar-refractivity contribution in [3.05, 3.63) is 119 Å². The van der Waals surface area contributed by atoms with E-state index in [0.29, 0.717) is 5.56 Å². The zero-order valence-corrected chi connectivity index (χ0v) is 38.1. The van der Waals surface area contributed by atoms with Crippen LogP contribution in [0.1, 0.15) is 79.8 Å². The molecule has 5 aliphatic rings. The van der Waals surface area contributed by atoms with Crippen LogP contribution in [0.3, 0.4) is 0 Å². The first kappa shape index (κ1) is 49.0. The lowest BCUT2D eigenvalue weighted by atomic mass is 9.44. The van der Waals surface area contributed by atoms with Crippen molar-refractivity contribution in [1.82, 2.24) is 5.32 Å². The molecule has 2 bridgehead atoms. The van der Waals surface area contributed by atoms with E-state index in [1.165, 1.54) is 39.8 Å². The standard InChI is InChI=1S/C50H57NO17/c1-25-31(65-45(61)38(56)35(27-15-9-6-10-16-27)51-43(59)28-17-11-7-12-18-28)22-50(62)42(67-44(60)29-19-13-8-14-20-29)40-48(5,41(58)37(55)34(25)47(50,3)4)32(21-33-49(40,24-64-33)68-26(2)52)66-46-39(57)36(54)30(53)23-63-46/h6-20,30-33,35-40,42,46,53-57,62H,21-24H2,1-5H3,(H,51,59)/t30-,31+,32+,33-,35+,36+,37-,38-,39-,40+,42+,46+,48-,49+,50-/m1/s1. The number of hydrogen-bond acceptors (Lipinski definition) is 17. The lowest BCUT2D eigenvalue weighted by molar-refractivity contribution is -0.366. The summed E-state index contributed by atoms with van der Waals surface area (Å²) in [5.41, 5.74) is -7.60. The summed E-state index contributed by atoms with van der Waals surface area (Å²) in [6, 6.07) is 22.7. The minimum Gasteiger partial charge on any atom is -0.456 e. The van der Waals surface area contributed by atoms with E-state index in [9.17, 15) is 49.8 Å². The van der Waals surface area contributed by atoms with Crippen molar-refractivity contribution in [2.45, 2.75) is 126 Å². The van der Waals surface area contributed by atoms with Gasteiger partial charge in [0, 0.05) is 30.7 Å². The topological polar surface area (TPSA) is 274 Å². The number of nitrogens with one attached hydrogen (secondary N) is 1. The summed E-state index contributed by atoms with van der Waals surface area (Å²) >= 11 is 0. The van der Waals surface area contributed by atoms with Crippen LogP contribution in [0.25, 0.3) is 0 Å². The van der Waals surface area contributed by atoms with Crippen molar-refractivity contribution in [3.63, 3.8) is 0 Å². The average molecular weight is 944 g/mol. The summed E-state index contributed by atoms with van der Waals surface area (Å²) < 4.78 is 36.8. The van der Waals surface area contributed by atoms with Crippen LogP contribution in [0.4, 0.5) is 0 Å². The fourth-order valence-electron chi connectivity index (χ4n) is 11.2. The van der Waals surface area contributed by atoms with Gasteiger partial charge < -0.3 is 64.4 Å². The Bertz CT molecular complexity index is 2430. The van der Waals surface area contributed by atoms with E-state index in [2.05, 4.69) is 5.32 Å². The van der Waals surface area contributed by atoms with E-state index >= 15 is 4.79 Å². The van der Waals surface area contributed by atoms with Gasteiger partial charge in [0.25, 0.3) is 5.91 Å². The fourth-order valence-corrected chi connectivity index (χ4v) is 11.2. The van der Waals surface area contributed by atoms with Gasteiger partial charge in [-0.1, -0.05) is 80.6 Å². The van der Waals surface area contributed by atoms with Gasteiger partial charge in [-0.25, -0.2) is 9.59 Å². The number of carbonyl (C=O) groups excluding carboxylic acids is 5. The van der Waals surface area contributed by atoms with E-state index in [-0.39, 0.29) is 35.3 Å². The molecule has 3 aromatic carbocycles. The minimum atomic E-state index is -2.47. The number of amides is 1. The Morgan fingerprint density at radius 3 is 2.01 bits per heavy atom. The van der Waals surface area contributed by atoms with Crippen molar-refractivity contribution in [2.75, 3.05) is 13.2 Å². The van der Waals surface area contributed by atoms with E-state index in [1.807, 2.05) is 0 Å². The van der Waals surface area contributed by atoms with E-state index in [1.54, 1.807) is 78.9 Å². The Hall–Kier alpha value is -5.41. The van der Waals surface area contributed by atoms with Gasteiger partial charge in [-0.05, 0) is 54.8 Å². The van der Waals surface area contributed by atoms with Crippen LogP contribution in [0, 0.1) is 16.7 Å². The first-order chi connectivity index (χ1) is 32.2. The molecule has 18 heteroatoms. The summed E-state index contributed by atoms with van der Waals surface area (Å²) in [5.74, 6) is -6.29. The Morgan fingerprint density at radius 1 is 0.824 bits per heavy atom. The van der Waals surface area contributed by atoms with Gasteiger partial charge in [0.2, 0.25) is 0 Å². The predicted octanol–water partition coefficient (Wildman–Crippen LogP) is 1.63. The molecule has 18 nitrogen and oxygen atoms in total. The number of benzene rings is 3. The molecular weight excluding hydrogens is 887 g/mol. The molecule has 0 unspecified atom stereocenters. The lowest BCUT2D eigenvalue weighted by Gasteiger charge is -2.68. The second-order valence-electron chi connectivity index (χ2n) is 19.1. The third-order valence-electron chi connectivity index (χ3n) is 14.9. The smallest absolute Gasteiger partial charge is 0.338 e. The number of ketones is 1. The Labute approximate surface area is 391 Å². The van der Waals surface area contributed by atoms with Gasteiger partial charge in [-0.2, -0.15) is 0 Å². The number of aliphatic hydroxyl groups is 6. The van der Waals surface area contributed by atoms with E-state index in [4.69, 9.17) is 28.4 Å². The van der Waals surface area contributed by atoms with Crippen molar-refractivity contribution < 1.29 is 83.0 Å². The van der Waals surface area contributed by atoms with Gasteiger partial charge >= 0.3 is 17.9 Å². The maximum Gasteiger partial charge on any atom is 0.338 e. The highest BCUT2D eigenvalue weighted by Gasteiger charge is 2.78. The predicted molar refractivity (Wildman–Crippen MR) is 235 cm³/mol. The molecule has 0 radical (unpaired) electrons. The highest BCUT2D eigenvalue weighted by atomic mass is 16.7. The molecule has 68 heavy (non-hydrogen) atoms. The largest absolute Gasteiger partial charge is 0.456 e. The Balaban J connectivity index is 1.26. The van der Waals surface area contributed by atoms with Crippen molar-refractivity contribution in [1.29, 1.82) is 0 Å². The number of ether oxygens (including phenoxy) is 6.